The molecule has 1 fully saturated rings. The summed E-state index contributed by atoms with van der Waals surface area (Å²) in [7, 11) is 0. The number of hydrogen-bond donors (Lipinski definition) is 1. The van der Waals surface area contributed by atoms with Gasteiger partial charge in [-0.15, -0.1) is 10.2 Å². The predicted molar refractivity (Wildman–Crippen MR) is 89.8 cm³/mol. The highest BCUT2D eigenvalue weighted by Gasteiger charge is 2.35. The quantitative estimate of drug-likeness (QED) is 0.883. The smallest absolute Gasteiger partial charge is 0.291 e. The van der Waals surface area contributed by atoms with Crippen LogP contribution >= 0.6 is 11.3 Å². The molecule has 132 valence electrons. The molecule has 0 spiro atoms. The van der Waals surface area contributed by atoms with Gasteiger partial charge in [-0.05, 0) is 24.1 Å². The molecular weight excluding hydrogens is 350 g/mol. The molecule has 0 radical (unpaired) electrons. The third-order valence-corrected chi connectivity index (χ3v) is 4.86. The van der Waals surface area contributed by atoms with E-state index in [2.05, 4.69) is 15.5 Å². The number of hydrogen-bond acceptors (Lipinski definition) is 5. The molecular formula is C16H16F2N4O2S. The number of nitrogens with one attached hydrogen (secondary N) is 1. The lowest BCUT2D eigenvalue weighted by Crippen LogP contribution is -2.28. The molecule has 0 bridgehead atoms. The van der Waals surface area contributed by atoms with E-state index in [9.17, 15) is 18.4 Å². The first-order valence-corrected chi connectivity index (χ1v) is 8.61. The molecule has 25 heavy (non-hydrogen) atoms. The summed E-state index contributed by atoms with van der Waals surface area (Å²) in [6.07, 6.45) is -1.75. The van der Waals surface area contributed by atoms with Gasteiger partial charge in [0.1, 0.15) is 0 Å². The van der Waals surface area contributed by atoms with E-state index in [-0.39, 0.29) is 24.0 Å². The van der Waals surface area contributed by atoms with Crippen molar-refractivity contribution in [2.45, 2.75) is 26.2 Å². The standard InChI is InChI=1S/C16H16F2N4O2S/c1-2-9-3-5-11(6-4-9)22-8-10(7-12(22)23)14(24)19-16-21-20-15(25-16)13(17)18/h3-6,10,13H,2,7-8H2,1H3,(H,19,21,24)/t10-/m1/s1. The highest BCUT2D eigenvalue weighted by Crippen LogP contribution is 2.28. The zero-order chi connectivity index (χ0) is 18.0. The van der Waals surface area contributed by atoms with Crippen molar-refractivity contribution in [3.63, 3.8) is 0 Å². The molecule has 1 aliphatic heterocycles. The van der Waals surface area contributed by atoms with Gasteiger partial charge in [0.15, 0.2) is 5.01 Å². The zero-order valence-corrected chi connectivity index (χ0v) is 14.2. The van der Waals surface area contributed by atoms with Crippen molar-refractivity contribution in [1.82, 2.24) is 10.2 Å². The maximum atomic E-state index is 12.5. The molecule has 1 atom stereocenters. The van der Waals surface area contributed by atoms with Crippen molar-refractivity contribution in [2.24, 2.45) is 5.92 Å². The molecule has 1 aliphatic rings. The van der Waals surface area contributed by atoms with E-state index in [0.717, 1.165) is 17.7 Å². The van der Waals surface area contributed by atoms with Crippen LogP contribution in [0.4, 0.5) is 19.6 Å². The second-order valence-corrected chi connectivity index (χ2v) is 6.67. The van der Waals surface area contributed by atoms with Crippen molar-refractivity contribution >= 4 is 34.0 Å². The van der Waals surface area contributed by atoms with Gasteiger partial charge in [-0.3, -0.25) is 9.59 Å². The van der Waals surface area contributed by atoms with Gasteiger partial charge < -0.3 is 10.2 Å². The molecule has 0 saturated carbocycles. The van der Waals surface area contributed by atoms with Gasteiger partial charge in [-0.25, -0.2) is 8.78 Å². The normalized spacial score (nSPS) is 17.4. The third-order valence-electron chi connectivity index (χ3n) is 4.01. The number of carbonyl (C=O) groups excluding carboxylic acids is 2. The van der Waals surface area contributed by atoms with E-state index in [1.165, 1.54) is 0 Å². The molecule has 9 heteroatoms. The summed E-state index contributed by atoms with van der Waals surface area (Å²) in [5.41, 5.74) is 1.91. The molecule has 1 aromatic heterocycles. The Morgan fingerprint density at radius 3 is 2.68 bits per heavy atom. The Morgan fingerprint density at radius 1 is 1.36 bits per heavy atom. The summed E-state index contributed by atoms with van der Waals surface area (Å²) < 4.78 is 25.0. The van der Waals surface area contributed by atoms with Crippen LogP contribution in [0.1, 0.15) is 30.3 Å². The highest BCUT2D eigenvalue weighted by atomic mass is 32.1. The highest BCUT2D eigenvalue weighted by molar-refractivity contribution is 7.15. The van der Waals surface area contributed by atoms with Crippen LogP contribution in [0.15, 0.2) is 24.3 Å². The van der Waals surface area contributed by atoms with E-state index in [4.69, 9.17) is 0 Å². The number of aromatic nitrogens is 2. The molecule has 1 N–H and O–H groups in total. The number of alkyl halides is 2. The van der Waals surface area contributed by atoms with E-state index < -0.39 is 23.3 Å². The predicted octanol–water partition coefficient (Wildman–Crippen LogP) is 3.03. The number of halogens is 2. The van der Waals surface area contributed by atoms with Crippen LogP contribution in [0, 0.1) is 5.92 Å². The van der Waals surface area contributed by atoms with E-state index in [1.54, 1.807) is 4.90 Å². The Kier molecular flexibility index (Phi) is 5.03. The summed E-state index contributed by atoms with van der Waals surface area (Å²) in [6, 6.07) is 7.61. The second kappa shape index (κ2) is 7.22. The molecule has 6 nitrogen and oxygen atoms in total. The van der Waals surface area contributed by atoms with Crippen molar-refractivity contribution < 1.29 is 18.4 Å². The Balaban J connectivity index is 1.65. The van der Waals surface area contributed by atoms with Crippen molar-refractivity contribution in [2.75, 3.05) is 16.8 Å². The second-order valence-electron chi connectivity index (χ2n) is 5.66. The van der Waals surface area contributed by atoms with Crippen LogP contribution in [-0.2, 0) is 16.0 Å². The molecule has 2 heterocycles. The molecule has 1 aromatic carbocycles. The molecule has 2 aromatic rings. The van der Waals surface area contributed by atoms with Gasteiger partial charge >= 0.3 is 0 Å². The summed E-state index contributed by atoms with van der Waals surface area (Å²) in [5, 5.41) is 8.87. The largest absolute Gasteiger partial charge is 0.312 e. The van der Waals surface area contributed by atoms with Crippen LogP contribution in [0.5, 0.6) is 0 Å². The van der Waals surface area contributed by atoms with Crippen molar-refractivity contribution in [3.8, 4) is 0 Å². The maximum Gasteiger partial charge on any atom is 0.291 e. The minimum Gasteiger partial charge on any atom is -0.312 e. The molecule has 0 aliphatic carbocycles. The fourth-order valence-electron chi connectivity index (χ4n) is 2.63. The third kappa shape index (κ3) is 3.81. The number of rotatable bonds is 5. The lowest BCUT2D eigenvalue weighted by Gasteiger charge is -2.16. The van der Waals surface area contributed by atoms with Gasteiger partial charge in [0, 0.05) is 18.7 Å². The Hall–Kier alpha value is -2.42. The topological polar surface area (TPSA) is 75.2 Å². The van der Waals surface area contributed by atoms with E-state index in [1.807, 2.05) is 31.2 Å². The zero-order valence-electron chi connectivity index (χ0n) is 13.4. The average Bonchev–Trinajstić information content (AvgIpc) is 3.22. The summed E-state index contributed by atoms with van der Waals surface area (Å²) in [5.74, 6) is -1.12. The number of aryl methyl sites for hydroxylation is 1. The Bertz CT molecular complexity index is 779. The van der Waals surface area contributed by atoms with E-state index in [0.29, 0.717) is 11.3 Å². The Labute approximate surface area is 146 Å². The minimum atomic E-state index is -2.72. The SMILES string of the molecule is CCc1ccc(N2C[C@H](C(=O)Nc3nnc(C(F)F)s3)CC2=O)cc1. The fourth-order valence-corrected chi connectivity index (χ4v) is 3.23. The first-order chi connectivity index (χ1) is 12.0. The van der Waals surface area contributed by atoms with Crippen LogP contribution in [0.25, 0.3) is 0 Å². The monoisotopic (exact) mass is 366 g/mol. The van der Waals surface area contributed by atoms with Gasteiger partial charge in [0.25, 0.3) is 6.43 Å². The van der Waals surface area contributed by atoms with Gasteiger partial charge in [0.05, 0.1) is 5.92 Å². The van der Waals surface area contributed by atoms with Crippen LogP contribution in [0.2, 0.25) is 0 Å². The van der Waals surface area contributed by atoms with Crippen molar-refractivity contribution in [1.29, 1.82) is 0 Å². The summed E-state index contributed by atoms with van der Waals surface area (Å²) >= 11 is 0.627. The lowest BCUT2D eigenvalue weighted by molar-refractivity contribution is -0.122. The molecule has 2 amide bonds. The molecule has 1 saturated heterocycles. The van der Waals surface area contributed by atoms with Gasteiger partial charge in [0.2, 0.25) is 16.9 Å². The number of carbonyl (C=O) groups is 2. The van der Waals surface area contributed by atoms with Gasteiger partial charge in [-0.1, -0.05) is 30.4 Å². The van der Waals surface area contributed by atoms with Crippen LogP contribution in [-0.4, -0.2) is 28.6 Å². The molecule has 0 unspecified atom stereocenters. The number of amides is 2. The van der Waals surface area contributed by atoms with Gasteiger partial charge in [-0.2, -0.15) is 0 Å². The first-order valence-electron chi connectivity index (χ1n) is 7.79. The number of nitrogens with zero attached hydrogens (tertiary/aromatic N) is 3. The molecule has 3 rings (SSSR count). The summed E-state index contributed by atoms with van der Waals surface area (Å²) in [4.78, 5) is 26.1. The Morgan fingerprint density at radius 2 is 2.08 bits per heavy atom. The van der Waals surface area contributed by atoms with Crippen molar-refractivity contribution in [3.05, 3.63) is 34.8 Å². The number of anilines is 2. The lowest BCUT2D eigenvalue weighted by atomic mass is 10.1. The fraction of sp³-hybridized carbons (Fsp3) is 0.375. The van der Waals surface area contributed by atoms with Crippen LogP contribution < -0.4 is 10.2 Å². The minimum absolute atomic E-state index is 0.0125. The first kappa shape index (κ1) is 17.4. The van der Waals surface area contributed by atoms with E-state index >= 15 is 0 Å². The summed E-state index contributed by atoms with van der Waals surface area (Å²) in [6.45, 7) is 2.29. The average molecular weight is 366 g/mol. The maximum absolute atomic E-state index is 12.5. The van der Waals surface area contributed by atoms with Crippen LogP contribution in [0.3, 0.4) is 0 Å². The number of benzene rings is 1.